The van der Waals surface area contributed by atoms with Crippen LogP contribution < -0.4 is 9.80 Å². The van der Waals surface area contributed by atoms with Crippen LogP contribution in [0.5, 0.6) is 0 Å². The summed E-state index contributed by atoms with van der Waals surface area (Å²) in [5, 5.41) is 8.06. The van der Waals surface area contributed by atoms with Crippen molar-refractivity contribution in [1.82, 2.24) is 14.5 Å². The minimum Gasteiger partial charge on any atom is -0.376 e. The number of hydrogen-bond acceptors (Lipinski definition) is 6. The van der Waals surface area contributed by atoms with Crippen LogP contribution in [0.15, 0.2) is 35.4 Å². The molecule has 3 rings (SSSR count). The van der Waals surface area contributed by atoms with Crippen molar-refractivity contribution in [3.05, 3.63) is 42.1 Å². The van der Waals surface area contributed by atoms with Gasteiger partial charge in [0.2, 0.25) is 10.0 Å². The molecule has 0 N–H and O–H groups in total. The molecule has 0 saturated carbocycles. The van der Waals surface area contributed by atoms with Gasteiger partial charge in [-0.1, -0.05) is 0 Å². The zero-order valence-electron chi connectivity index (χ0n) is 14.4. The largest absolute Gasteiger partial charge is 0.376 e. The Hall–Kier alpha value is -2.33. The summed E-state index contributed by atoms with van der Waals surface area (Å²) in [6, 6.07) is 4.18. The van der Waals surface area contributed by atoms with Crippen LogP contribution in [0.25, 0.3) is 0 Å². The monoisotopic (exact) mass is 383 g/mol. The van der Waals surface area contributed by atoms with Gasteiger partial charge in [-0.2, -0.15) is 9.40 Å². The molecule has 2 aromatic rings. The van der Waals surface area contributed by atoms with Gasteiger partial charge in [-0.25, -0.2) is 17.2 Å². The van der Waals surface area contributed by atoms with E-state index in [0.29, 0.717) is 25.0 Å². The van der Waals surface area contributed by atoms with Gasteiger partial charge in [0.05, 0.1) is 16.8 Å². The standard InChI is InChI=1S/C16H19F2N5O2S/c1-21(2)14-10-16(20-19-11-14)22-3-5-23(6-4-22)26(24,25)15-8-12(17)7-13(18)9-15/h7-11H,3-6H2,1-2H3. The summed E-state index contributed by atoms with van der Waals surface area (Å²) in [6.07, 6.45) is 1.64. The Labute approximate surface area is 150 Å². The van der Waals surface area contributed by atoms with Crippen molar-refractivity contribution in [1.29, 1.82) is 0 Å². The van der Waals surface area contributed by atoms with E-state index in [1.54, 1.807) is 6.20 Å². The molecule has 1 aromatic heterocycles. The Kier molecular flexibility index (Phi) is 5.05. The van der Waals surface area contributed by atoms with Gasteiger partial charge in [0.1, 0.15) is 11.6 Å². The summed E-state index contributed by atoms with van der Waals surface area (Å²) >= 11 is 0. The summed E-state index contributed by atoms with van der Waals surface area (Å²) in [4.78, 5) is 3.45. The number of rotatable bonds is 4. The Morgan fingerprint density at radius 3 is 2.19 bits per heavy atom. The molecule has 1 aliphatic rings. The van der Waals surface area contributed by atoms with E-state index in [2.05, 4.69) is 10.2 Å². The molecule has 0 spiro atoms. The number of aromatic nitrogens is 2. The van der Waals surface area contributed by atoms with Crippen LogP contribution in [0, 0.1) is 11.6 Å². The van der Waals surface area contributed by atoms with Crippen LogP contribution in [0.4, 0.5) is 20.3 Å². The summed E-state index contributed by atoms with van der Waals surface area (Å²) in [6.45, 7) is 1.19. The van der Waals surface area contributed by atoms with Crippen LogP contribution in [0.3, 0.4) is 0 Å². The van der Waals surface area contributed by atoms with Gasteiger partial charge < -0.3 is 9.80 Å². The Bertz CT molecular complexity index is 879. The van der Waals surface area contributed by atoms with Crippen LogP contribution in [0.2, 0.25) is 0 Å². The second-order valence-electron chi connectivity index (χ2n) is 6.16. The van der Waals surface area contributed by atoms with Gasteiger partial charge >= 0.3 is 0 Å². The second-order valence-corrected chi connectivity index (χ2v) is 8.10. The fraction of sp³-hybridized carbons (Fsp3) is 0.375. The van der Waals surface area contributed by atoms with Crippen LogP contribution >= 0.6 is 0 Å². The van der Waals surface area contributed by atoms with E-state index < -0.39 is 21.7 Å². The van der Waals surface area contributed by atoms with Crippen molar-refractivity contribution in [3.8, 4) is 0 Å². The number of anilines is 2. The molecule has 10 heteroatoms. The molecule has 1 fully saturated rings. The van der Waals surface area contributed by atoms with E-state index in [1.165, 1.54) is 4.31 Å². The number of piperazine rings is 1. The lowest BCUT2D eigenvalue weighted by atomic mass is 10.3. The van der Waals surface area contributed by atoms with Crippen LogP contribution in [-0.4, -0.2) is 63.2 Å². The number of hydrogen-bond donors (Lipinski definition) is 0. The van der Waals surface area contributed by atoms with Crippen LogP contribution in [-0.2, 0) is 10.0 Å². The van der Waals surface area contributed by atoms with E-state index in [0.717, 1.165) is 17.8 Å². The Morgan fingerprint density at radius 2 is 1.62 bits per heavy atom. The third-order valence-electron chi connectivity index (χ3n) is 4.18. The summed E-state index contributed by atoms with van der Waals surface area (Å²) in [7, 11) is -0.167. The minimum atomic E-state index is -3.95. The fourth-order valence-corrected chi connectivity index (χ4v) is 4.19. The molecule has 0 radical (unpaired) electrons. The molecule has 7 nitrogen and oxygen atoms in total. The van der Waals surface area contributed by atoms with Crippen molar-refractivity contribution in [2.45, 2.75) is 4.90 Å². The number of nitrogens with zero attached hydrogens (tertiary/aromatic N) is 5. The van der Waals surface area contributed by atoms with Gasteiger partial charge in [-0.15, -0.1) is 5.10 Å². The van der Waals surface area contributed by atoms with Crippen molar-refractivity contribution in [3.63, 3.8) is 0 Å². The number of benzene rings is 1. The van der Waals surface area contributed by atoms with Crippen molar-refractivity contribution in [2.24, 2.45) is 0 Å². The maximum Gasteiger partial charge on any atom is 0.243 e. The molecule has 0 amide bonds. The Morgan fingerprint density at radius 1 is 1.00 bits per heavy atom. The third-order valence-corrected chi connectivity index (χ3v) is 6.06. The van der Waals surface area contributed by atoms with Crippen molar-refractivity contribution in [2.75, 3.05) is 50.1 Å². The molecule has 0 atom stereocenters. The van der Waals surface area contributed by atoms with E-state index in [-0.39, 0.29) is 18.0 Å². The molecule has 0 bridgehead atoms. The predicted molar refractivity (Wildman–Crippen MR) is 93.7 cm³/mol. The zero-order chi connectivity index (χ0) is 18.9. The molecule has 140 valence electrons. The lowest BCUT2D eigenvalue weighted by molar-refractivity contribution is 0.383. The highest BCUT2D eigenvalue weighted by Gasteiger charge is 2.30. The molecular formula is C16H19F2N5O2S. The number of halogens is 2. The first-order valence-electron chi connectivity index (χ1n) is 7.98. The lowest BCUT2D eigenvalue weighted by Crippen LogP contribution is -2.49. The normalized spacial score (nSPS) is 15.9. The predicted octanol–water partition coefficient (Wildman–Crippen LogP) is 1.33. The van der Waals surface area contributed by atoms with Gasteiger partial charge in [0.25, 0.3) is 0 Å². The highest BCUT2D eigenvalue weighted by molar-refractivity contribution is 7.89. The fourth-order valence-electron chi connectivity index (χ4n) is 2.73. The first kappa shape index (κ1) is 18.5. The highest BCUT2D eigenvalue weighted by Crippen LogP contribution is 2.23. The molecule has 1 aromatic carbocycles. The summed E-state index contributed by atoms with van der Waals surface area (Å²) in [5.74, 6) is -1.18. The first-order valence-corrected chi connectivity index (χ1v) is 9.42. The summed E-state index contributed by atoms with van der Waals surface area (Å²) in [5.41, 5.74) is 0.889. The maximum atomic E-state index is 13.4. The molecule has 0 unspecified atom stereocenters. The van der Waals surface area contributed by atoms with Crippen molar-refractivity contribution >= 4 is 21.5 Å². The van der Waals surface area contributed by atoms with Gasteiger partial charge in [-0.05, 0) is 12.1 Å². The highest BCUT2D eigenvalue weighted by atomic mass is 32.2. The topological polar surface area (TPSA) is 69.6 Å². The molecule has 26 heavy (non-hydrogen) atoms. The van der Waals surface area contributed by atoms with E-state index in [1.807, 2.05) is 30.0 Å². The average Bonchev–Trinajstić information content (AvgIpc) is 2.61. The molecule has 0 aliphatic carbocycles. The van der Waals surface area contributed by atoms with E-state index in [4.69, 9.17) is 0 Å². The van der Waals surface area contributed by atoms with Gasteiger partial charge in [0, 0.05) is 52.4 Å². The molecular weight excluding hydrogens is 364 g/mol. The van der Waals surface area contributed by atoms with Gasteiger partial charge in [0.15, 0.2) is 5.82 Å². The average molecular weight is 383 g/mol. The SMILES string of the molecule is CN(C)c1cnnc(N2CCN(S(=O)(=O)c3cc(F)cc(F)c3)CC2)c1. The smallest absolute Gasteiger partial charge is 0.243 e. The molecule has 1 saturated heterocycles. The van der Waals surface area contributed by atoms with E-state index in [9.17, 15) is 17.2 Å². The first-order chi connectivity index (χ1) is 12.3. The molecule has 2 heterocycles. The summed E-state index contributed by atoms with van der Waals surface area (Å²) < 4.78 is 53.2. The lowest BCUT2D eigenvalue weighted by Gasteiger charge is -2.34. The minimum absolute atomic E-state index is 0.189. The molecule has 1 aliphatic heterocycles. The quantitative estimate of drug-likeness (QED) is 0.794. The van der Waals surface area contributed by atoms with E-state index >= 15 is 0 Å². The van der Waals surface area contributed by atoms with Gasteiger partial charge in [-0.3, -0.25) is 0 Å². The van der Waals surface area contributed by atoms with Crippen molar-refractivity contribution < 1.29 is 17.2 Å². The maximum absolute atomic E-state index is 13.4. The van der Waals surface area contributed by atoms with Crippen LogP contribution in [0.1, 0.15) is 0 Å². The second kappa shape index (κ2) is 7.12. The Balaban J connectivity index is 1.74. The number of sulfonamides is 1. The zero-order valence-corrected chi connectivity index (χ0v) is 15.2. The third kappa shape index (κ3) is 3.75.